The monoisotopic (exact) mass is 249 g/mol. The summed E-state index contributed by atoms with van der Waals surface area (Å²) in [5, 5.41) is 3.40. The van der Waals surface area contributed by atoms with Crippen molar-refractivity contribution in [2.24, 2.45) is 0 Å². The molecule has 0 saturated carbocycles. The highest BCUT2D eigenvalue weighted by atomic mass is 16.5. The molecule has 0 aliphatic carbocycles. The Morgan fingerprint density at radius 2 is 1.94 bits per heavy atom. The Morgan fingerprint density at radius 1 is 1.22 bits per heavy atom. The predicted octanol–water partition coefficient (Wildman–Crippen LogP) is 3.25. The van der Waals surface area contributed by atoms with Crippen LogP contribution in [0.1, 0.15) is 36.5 Å². The Morgan fingerprint density at radius 3 is 2.44 bits per heavy atom. The minimum atomic E-state index is 0.293. The number of hydrogen-bond donors (Lipinski definition) is 1. The Bertz CT molecular complexity index is 362. The summed E-state index contributed by atoms with van der Waals surface area (Å²) in [4.78, 5) is 0. The summed E-state index contributed by atoms with van der Waals surface area (Å²) < 4.78 is 5.61. The zero-order valence-corrected chi connectivity index (χ0v) is 12.4. The van der Waals surface area contributed by atoms with Gasteiger partial charge in [0.15, 0.2) is 0 Å². The van der Waals surface area contributed by atoms with Crippen molar-refractivity contribution in [3.63, 3.8) is 0 Å². The molecule has 0 spiro atoms. The van der Waals surface area contributed by atoms with Crippen molar-refractivity contribution >= 4 is 0 Å². The standard InChI is InChI=1S/C16H27NO/c1-6-7-16(18-5)15(17-4)11-14-9-8-12(2)13(3)10-14/h8-10,15-17H,6-7,11H2,1-5H3. The number of methoxy groups -OCH3 is 1. The third-order valence-electron chi connectivity index (χ3n) is 3.72. The number of nitrogens with one attached hydrogen (secondary N) is 1. The first-order chi connectivity index (χ1) is 8.62. The maximum atomic E-state index is 5.61. The average Bonchev–Trinajstić information content (AvgIpc) is 2.37. The van der Waals surface area contributed by atoms with Crippen LogP contribution in [0.25, 0.3) is 0 Å². The molecular weight excluding hydrogens is 222 g/mol. The van der Waals surface area contributed by atoms with E-state index in [1.807, 2.05) is 14.2 Å². The van der Waals surface area contributed by atoms with Crippen LogP contribution in [-0.4, -0.2) is 26.3 Å². The molecule has 2 nitrogen and oxygen atoms in total. The normalized spacial score (nSPS) is 14.5. The predicted molar refractivity (Wildman–Crippen MR) is 78.2 cm³/mol. The first-order valence-corrected chi connectivity index (χ1v) is 6.88. The van der Waals surface area contributed by atoms with Gasteiger partial charge in [-0.05, 0) is 50.4 Å². The van der Waals surface area contributed by atoms with Crippen molar-refractivity contribution in [3.8, 4) is 0 Å². The van der Waals surface area contributed by atoms with Gasteiger partial charge in [-0.3, -0.25) is 0 Å². The molecule has 1 rings (SSSR count). The molecule has 0 amide bonds. The van der Waals surface area contributed by atoms with Gasteiger partial charge in [-0.15, -0.1) is 0 Å². The lowest BCUT2D eigenvalue weighted by Gasteiger charge is -2.25. The second-order valence-corrected chi connectivity index (χ2v) is 5.08. The Labute approximate surface area is 112 Å². The van der Waals surface area contributed by atoms with Crippen LogP contribution in [-0.2, 0) is 11.2 Å². The molecule has 102 valence electrons. The highest BCUT2D eigenvalue weighted by molar-refractivity contribution is 5.30. The van der Waals surface area contributed by atoms with Crippen molar-refractivity contribution in [2.45, 2.75) is 52.2 Å². The summed E-state index contributed by atoms with van der Waals surface area (Å²) in [6.07, 6.45) is 3.58. The highest BCUT2D eigenvalue weighted by Gasteiger charge is 2.19. The van der Waals surface area contributed by atoms with Gasteiger partial charge in [-0.25, -0.2) is 0 Å². The summed E-state index contributed by atoms with van der Waals surface area (Å²) in [6.45, 7) is 6.53. The van der Waals surface area contributed by atoms with Crippen molar-refractivity contribution in [2.75, 3.05) is 14.2 Å². The van der Waals surface area contributed by atoms with Crippen LogP contribution in [0.5, 0.6) is 0 Å². The van der Waals surface area contributed by atoms with Gasteiger partial charge in [0.25, 0.3) is 0 Å². The molecule has 1 aromatic carbocycles. The lowest BCUT2D eigenvalue weighted by molar-refractivity contribution is 0.0633. The second kappa shape index (κ2) is 7.55. The van der Waals surface area contributed by atoms with Crippen LogP contribution in [0.3, 0.4) is 0 Å². The van der Waals surface area contributed by atoms with Crippen LogP contribution in [0.15, 0.2) is 18.2 Å². The largest absolute Gasteiger partial charge is 0.380 e. The van der Waals surface area contributed by atoms with E-state index in [0.717, 1.165) is 19.3 Å². The molecule has 2 heteroatoms. The molecule has 1 N–H and O–H groups in total. The molecule has 0 heterocycles. The molecule has 0 radical (unpaired) electrons. The van der Waals surface area contributed by atoms with Crippen LogP contribution < -0.4 is 5.32 Å². The van der Waals surface area contributed by atoms with E-state index in [2.05, 4.69) is 44.3 Å². The summed E-state index contributed by atoms with van der Waals surface area (Å²) in [5.74, 6) is 0. The Hall–Kier alpha value is -0.860. The molecule has 18 heavy (non-hydrogen) atoms. The molecule has 0 aliphatic heterocycles. The zero-order valence-electron chi connectivity index (χ0n) is 12.4. The lowest BCUT2D eigenvalue weighted by atomic mass is 9.96. The summed E-state index contributed by atoms with van der Waals surface area (Å²) in [5.41, 5.74) is 4.11. The van der Waals surface area contributed by atoms with Crippen LogP contribution in [0.2, 0.25) is 0 Å². The zero-order chi connectivity index (χ0) is 13.5. The fourth-order valence-corrected chi connectivity index (χ4v) is 2.37. The number of ether oxygens (including phenoxy) is 1. The third kappa shape index (κ3) is 4.11. The van der Waals surface area contributed by atoms with Gasteiger partial charge in [0.1, 0.15) is 0 Å². The average molecular weight is 249 g/mol. The van der Waals surface area contributed by atoms with Gasteiger partial charge in [-0.2, -0.15) is 0 Å². The molecule has 0 fully saturated rings. The van der Waals surface area contributed by atoms with Crippen molar-refractivity contribution in [1.29, 1.82) is 0 Å². The smallest absolute Gasteiger partial charge is 0.0727 e. The van der Waals surface area contributed by atoms with Gasteiger partial charge in [0, 0.05) is 13.2 Å². The van der Waals surface area contributed by atoms with Gasteiger partial charge < -0.3 is 10.1 Å². The molecular formula is C16H27NO. The van der Waals surface area contributed by atoms with E-state index in [1.54, 1.807) is 0 Å². The quantitative estimate of drug-likeness (QED) is 0.801. The van der Waals surface area contributed by atoms with Crippen LogP contribution in [0.4, 0.5) is 0 Å². The van der Waals surface area contributed by atoms with Gasteiger partial charge in [-0.1, -0.05) is 31.5 Å². The topological polar surface area (TPSA) is 21.3 Å². The maximum absolute atomic E-state index is 5.61. The van der Waals surface area contributed by atoms with Crippen LogP contribution in [0, 0.1) is 13.8 Å². The van der Waals surface area contributed by atoms with Gasteiger partial charge >= 0.3 is 0 Å². The summed E-state index contributed by atoms with van der Waals surface area (Å²) in [6, 6.07) is 7.11. The summed E-state index contributed by atoms with van der Waals surface area (Å²) >= 11 is 0. The van der Waals surface area contributed by atoms with Gasteiger partial charge in [0.2, 0.25) is 0 Å². The fourth-order valence-electron chi connectivity index (χ4n) is 2.37. The Balaban J connectivity index is 2.74. The fraction of sp³-hybridized carbons (Fsp3) is 0.625. The van der Waals surface area contributed by atoms with Gasteiger partial charge in [0.05, 0.1) is 6.10 Å². The lowest BCUT2D eigenvalue weighted by Crippen LogP contribution is -2.40. The first-order valence-electron chi connectivity index (χ1n) is 6.88. The molecule has 2 atom stereocenters. The number of likely N-dealkylation sites (N-methyl/N-ethyl adjacent to an activating group) is 1. The van der Waals surface area contributed by atoms with E-state index in [9.17, 15) is 0 Å². The molecule has 0 saturated heterocycles. The molecule has 0 aliphatic rings. The van der Waals surface area contributed by atoms with E-state index in [1.165, 1.54) is 16.7 Å². The molecule has 0 bridgehead atoms. The van der Waals surface area contributed by atoms with E-state index in [-0.39, 0.29) is 0 Å². The molecule has 0 aromatic heterocycles. The van der Waals surface area contributed by atoms with E-state index in [4.69, 9.17) is 4.74 Å². The second-order valence-electron chi connectivity index (χ2n) is 5.08. The Kier molecular flexibility index (Phi) is 6.37. The minimum Gasteiger partial charge on any atom is -0.380 e. The highest BCUT2D eigenvalue weighted by Crippen LogP contribution is 2.15. The molecule has 2 unspecified atom stereocenters. The number of hydrogen-bond acceptors (Lipinski definition) is 2. The minimum absolute atomic E-state index is 0.293. The van der Waals surface area contributed by atoms with E-state index < -0.39 is 0 Å². The van der Waals surface area contributed by atoms with Crippen molar-refractivity contribution in [3.05, 3.63) is 34.9 Å². The number of aryl methyl sites for hydroxylation is 2. The first kappa shape index (κ1) is 15.2. The van der Waals surface area contributed by atoms with Crippen LogP contribution >= 0.6 is 0 Å². The SMILES string of the molecule is CCCC(OC)C(Cc1ccc(C)c(C)c1)NC. The van der Waals surface area contributed by atoms with E-state index in [0.29, 0.717) is 12.1 Å². The van der Waals surface area contributed by atoms with Crippen molar-refractivity contribution in [1.82, 2.24) is 5.32 Å². The molecule has 1 aromatic rings. The number of rotatable bonds is 7. The maximum Gasteiger partial charge on any atom is 0.0727 e. The summed E-state index contributed by atoms with van der Waals surface area (Å²) in [7, 11) is 3.83. The third-order valence-corrected chi connectivity index (χ3v) is 3.72. The van der Waals surface area contributed by atoms with E-state index >= 15 is 0 Å². The number of benzene rings is 1. The van der Waals surface area contributed by atoms with Crippen molar-refractivity contribution < 1.29 is 4.74 Å².